The molecule has 0 aliphatic heterocycles. The molecule has 0 amide bonds. The van der Waals surface area contributed by atoms with Crippen molar-refractivity contribution < 1.29 is 0 Å². The summed E-state index contributed by atoms with van der Waals surface area (Å²) in [5, 5.41) is 5.29. The zero-order valence-corrected chi connectivity index (χ0v) is 12.4. The van der Waals surface area contributed by atoms with Crippen LogP contribution in [0.2, 0.25) is 0 Å². The molecule has 1 fully saturated rings. The van der Waals surface area contributed by atoms with Crippen LogP contribution in [0.15, 0.2) is 0 Å². The molecule has 2 nitrogen and oxygen atoms in total. The third-order valence-electron chi connectivity index (χ3n) is 4.34. The van der Waals surface area contributed by atoms with Gasteiger partial charge in [0.25, 0.3) is 0 Å². The molecule has 0 saturated heterocycles. The van der Waals surface area contributed by atoms with Gasteiger partial charge in [-0.25, -0.2) is 4.98 Å². The second-order valence-corrected chi connectivity index (χ2v) is 6.93. The second-order valence-electron chi connectivity index (χ2n) is 5.85. The van der Waals surface area contributed by atoms with Gasteiger partial charge in [-0.05, 0) is 44.9 Å². The molecule has 0 spiro atoms. The Labute approximate surface area is 114 Å². The van der Waals surface area contributed by atoms with E-state index in [9.17, 15) is 0 Å². The number of nitrogens with one attached hydrogen (secondary N) is 1. The number of thiazole rings is 1. The molecule has 1 unspecified atom stereocenters. The first-order valence-electron chi connectivity index (χ1n) is 7.54. The first-order valence-corrected chi connectivity index (χ1v) is 8.36. The fourth-order valence-corrected chi connectivity index (χ4v) is 4.51. The van der Waals surface area contributed by atoms with Gasteiger partial charge in [0, 0.05) is 10.9 Å². The van der Waals surface area contributed by atoms with Crippen molar-refractivity contribution in [2.24, 2.45) is 0 Å². The Morgan fingerprint density at radius 3 is 2.78 bits per heavy atom. The van der Waals surface area contributed by atoms with E-state index in [0.29, 0.717) is 0 Å². The Kier molecular flexibility index (Phi) is 3.46. The van der Waals surface area contributed by atoms with Gasteiger partial charge >= 0.3 is 0 Å². The highest BCUT2D eigenvalue weighted by molar-refractivity contribution is 7.12. The Morgan fingerprint density at radius 2 is 2.17 bits per heavy atom. The number of fused-ring (bicyclic) bond motifs is 1. The second kappa shape index (κ2) is 4.93. The topological polar surface area (TPSA) is 24.9 Å². The highest BCUT2D eigenvalue weighted by Gasteiger charge is 2.38. The van der Waals surface area contributed by atoms with Crippen LogP contribution in [0.4, 0.5) is 0 Å². The molecule has 100 valence electrons. The van der Waals surface area contributed by atoms with Crippen LogP contribution in [0, 0.1) is 0 Å². The maximum absolute atomic E-state index is 4.99. The van der Waals surface area contributed by atoms with Gasteiger partial charge in [0.1, 0.15) is 5.01 Å². The van der Waals surface area contributed by atoms with Crippen LogP contribution in [-0.4, -0.2) is 11.0 Å². The zero-order chi connectivity index (χ0) is 12.6. The molecule has 0 radical (unpaired) electrons. The van der Waals surface area contributed by atoms with Crippen molar-refractivity contribution in [3.8, 4) is 0 Å². The minimum Gasteiger partial charge on any atom is -0.303 e. The smallest absolute Gasteiger partial charge is 0.113 e. The quantitative estimate of drug-likeness (QED) is 0.845. The van der Waals surface area contributed by atoms with Crippen LogP contribution in [0.5, 0.6) is 0 Å². The third kappa shape index (κ3) is 2.23. The molecule has 0 aromatic carbocycles. The average molecular weight is 264 g/mol. The molecule has 1 saturated carbocycles. The molecule has 1 heterocycles. The first-order chi connectivity index (χ1) is 8.77. The Balaban J connectivity index is 1.89. The number of aromatic nitrogens is 1. The number of rotatable bonds is 6. The van der Waals surface area contributed by atoms with Gasteiger partial charge in [0.2, 0.25) is 0 Å². The van der Waals surface area contributed by atoms with E-state index in [2.05, 4.69) is 19.2 Å². The van der Waals surface area contributed by atoms with Gasteiger partial charge < -0.3 is 5.32 Å². The van der Waals surface area contributed by atoms with Crippen LogP contribution < -0.4 is 5.32 Å². The molecule has 1 aromatic heterocycles. The van der Waals surface area contributed by atoms with Crippen molar-refractivity contribution in [3.05, 3.63) is 15.6 Å². The molecule has 2 aliphatic rings. The molecule has 18 heavy (non-hydrogen) atoms. The summed E-state index contributed by atoms with van der Waals surface area (Å²) in [7, 11) is 0. The van der Waals surface area contributed by atoms with Crippen LogP contribution in [0.3, 0.4) is 0 Å². The minimum atomic E-state index is 0.172. The molecular formula is C15H24N2S. The fraction of sp³-hybridized carbons (Fsp3) is 0.800. The highest BCUT2D eigenvalue weighted by Crippen LogP contribution is 2.39. The molecule has 3 rings (SSSR count). The predicted octanol–water partition coefficient (Wildman–Crippen LogP) is 3.79. The van der Waals surface area contributed by atoms with Gasteiger partial charge in [-0.15, -0.1) is 11.3 Å². The van der Waals surface area contributed by atoms with Crippen LogP contribution in [0.25, 0.3) is 0 Å². The predicted molar refractivity (Wildman–Crippen MR) is 77.2 cm³/mol. The SMILES string of the molecule is CCCC(CC)(NC1CC1)c1nc2c(s1)CCC2. The maximum atomic E-state index is 4.99. The summed E-state index contributed by atoms with van der Waals surface area (Å²) in [6, 6.07) is 0.759. The lowest BCUT2D eigenvalue weighted by Crippen LogP contribution is -2.43. The molecular weight excluding hydrogens is 240 g/mol. The first kappa shape index (κ1) is 12.6. The standard InChI is InChI=1S/C15H24N2S/c1-3-10-15(4-2,17-11-8-9-11)14-16-12-6-5-7-13(12)18-14/h11,17H,3-10H2,1-2H3. The maximum Gasteiger partial charge on any atom is 0.113 e. The van der Waals surface area contributed by atoms with E-state index < -0.39 is 0 Å². The van der Waals surface area contributed by atoms with Crippen molar-refractivity contribution in [1.82, 2.24) is 10.3 Å². The molecule has 0 bridgehead atoms. The summed E-state index contributed by atoms with van der Waals surface area (Å²) >= 11 is 1.99. The molecule has 1 atom stereocenters. The number of aryl methyl sites for hydroxylation is 2. The van der Waals surface area contributed by atoms with E-state index in [4.69, 9.17) is 4.98 Å². The molecule has 1 N–H and O–H groups in total. The Hall–Kier alpha value is -0.410. The zero-order valence-electron chi connectivity index (χ0n) is 11.6. The summed E-state index contributed by atoms with van der Waals surface area (Å²) in [4.78, 5) is 6.56. The van der Waals surface area contributed by atoms with Gasteiger partial charge in [-0.1, -0.05) is 20.3 Å². The van der Waals surface area contributed by atoms with Crippen LogP contribution in [0.1, 0.15) is 68.0 Å². The van der Waals surface area contributed by atoms with Crippen LogP contribution in [-0.2, 0) is 18.4 Å². The molecule has 1 aromatic rings. The normalized spacial score (nSPS) is 21.9. The number of nitrogens with zero attached hydrogens (tertiary/aromatic N) is 1. The van der Waals surface area contributed by atoms with E-state index in [1.54, 1.807) is 4.88 Å². The fourth-order valence-electron chi connectivity index (χ4n) is 3.11. The van der Waals surface area contributed by atoms with Crippen molar-refractivity contribution in [3.63, 3.8) is 0 Å². The van der Waals surface area contributed by atoms with E-state index in [1.807, 2.05) is 11.3 Å². The largest absolute Gasteiger partial charge is 0.303 e. The number of hydrogen-bond acceptors (Lipinski definition) is 3. The van der Waals surface area contributed by atoms with E-state index in [-0.39, 0.29) is 5.54 Å². The average Bonchev–Trinajstić information content (AvgIpc) is 2.89. The summed E-state index contributed by atoms with van der Waals surface area (Å²) in [5.41, 5.74) is 1.58. The summed E-state index contributed by atoms with van der Waals surface area (Å²) < 4.78 is 0. The Bertz CT molecular complexity index is 401. The van der Waals surface area contributed by atoms with Crippen molar-refractivity contribution in [1.29, 1.82) is 0 Å². The van der Waals surface area contributed by atoms with E-state index >= 15 is 0 Å². The Morgan fingerprint density at radius 1 is 1.33 bits per heavy atom. The number of hydrogen-bond donors (Lipinski definition) is 1. The highest BCUT2D eigenvalue weighted by atomic mass is 32.1. The summed E-state index contributed by atoms with van der Waals surface area (Å²) in [6.45, 7) is 4.61. The van der Waals surface area contributed by atoms with Crippen LogP contribution >= 0.6 is 11.3 Å². The van der Waals surface area contributed by atoms with Crippen molar-refractivity contribution in [2.75, 3.05) is 0 Å². The van der Waals surface area contributed by atoms with E-state index in [0.717, 1.165) is 6.04 Å². The third-order valence-corrected chi connectivity index (χ3v) is 5.70. The minimum absolute atomic E-state index is 0.172. The lowest BCUT2D eigenvalue weighted by molar-refractivity contribution is 0.288. The van der Waals surface area contributed by atoms with Gasteiger partial charge in [-0.2, -0.15) is 0 Å². The van der Waals surface area contributed by atoms with Gasteiger partial charge in [-0.3, -0.25) is 0 Å². The molecule has 2 aliphatic carbocycles. The van der Waals surface area contributed by atoms with Crippen molar-refractivity contribution >= 4 is 11.3 Å². The lowest BCUT2D eigenvalue weighted by atomic mass is 9.91. The molecule has 3 heteroatoms. The monoisotopic (exact) mass is 264 g/mol. The van der Waals surface area contributed by atoms with Crippen molar-refractivity contribution in [2.45, 2.75) is 76.8 Å². The summed E-state index contributed by atoms with van der Waals surface area (Å²) in [5.74, 6) is 0. The lowest BCUT2D eigenvalue weighted by Gasteiger charge is -2.32. The van der Waals surface area contributed by atoms with Gasteiger partial charge in [0.15, 0.2) is 0 Å². The van der Waals surface area contributed by atoms with Gasteiger partial charge in [0.05, 0.1) is 11.2 Å². The van der Waals surface area contributed by atoms with E-state index in [1.165, 1.54) is 62.1 Å². The summed E-state index contributed by atoms with van der Waals surface area (Å²) in [6.07, 6.45) is 10.1.